The summed E-state index contributed by atoms with van der Waals surface area (Å²) in [6.07, 6.45) is 4.47. The lowest BCUT2D eigenvalue weighted by Gasteiger charge is -1.86. The highest BCUT2D eigenvalue weighted by Crippen LogP contribution is 2.02. The van der Waals surface area contributed by atoms with Crippen molar-refractivity contribution < 1.29 is 4.42 Å². The van der Waals surface area contributed by atoms with Crippen molar-refractivity contribution in [3.8, 4) is 11.8 Å². The number of furan rings is 1. The number of hydrogen-bond acceptors (Lipinski definition) is 1. The first-order valence-electron chi connectivity index (χ1n) is 3.91. The zero-order chi connectivity index (χ0) is 7.94. The van der Waals surface area contributed by atoms with Crippen LogP contribution in [-0.2, 0) is 6.42 Å². The van der Waals surface area contributed by atoms with Crippen LogP contribution in [0.15, 0.2) is 22.8 Å². The Balaban J connectivity index is 2.24. The van der Waals surface area contributed by atoms with E-state index in [0.717, 1.165) is 25.0 Å². The Labute approximate surface area is 67.4 Å². The average Bonchev–Trinajstić information content (AvgIpc) is 2.50. The molecule has 0 N–H and O–H groups in total. The van der Waals surface area contributed by atoms with E-state index in [1.807, 2.05) is 12.1 Å². The van der Waals surface area contributed by atoms with Crippen LogP contribution in [-0.4, -0.2) is 0 Å². The summed E-state index contributed by atoms with van der Waals surface area (Å²) in [6, 6.07) is 3.89. The number of hydrogen-bond donors (Lipinski definition) is 0. The SMILES string of the molecule is CCC#CCCc1ccco1. The number of aryl methyl sites for hydroxylation is 1. The maximum Gasteiger partial charge on any atom is 0.104 e. The monoisotopic (exact) mass is 148 g/mol. The highest BCUT2D eigenvalue weighted by Gasteiger charge is 1.90. The van der Waals surface area contributed by atoms with E-state index < -0.39 is 0 Å². The molecule has 1 nitrogen and oxygen atoms in total. The first-order valence-corrected chi connectivity index (χ1v) is 3.91. The topological polar surface area (TPSA) is 13.1 Å². The van der Waals surface area contributed by atoms with Crippen LogP contribution in [0.2, 0.25) is 0 Å². The van der Waals surface area contributed by atoms with Crippen molar-refractivity contribution in [2.45, 2.75) is 26.2 Å². The molecule has 0 amide bonds. The van der Waals surface area contributed by atoms with E-state index in [-0.39, 0.29) is 0 Å². The molecule has 0 saturated heterocycles. The van der Waals surface area contributed by atoms with Crippen molar-refractivity contribution in [2.75, 3.05) is 0 Å². The molecule has 0 aliphatic rings. The molecule has 0 fully saturated rings. The van der Waals surface area contributed by atoms with Crippen molar-refractivity contribution in [3.63, 3.8) is 0 Å². The zero-order valence-electron chi connectivity index (χ0n) is 6.76. The molecule has 0 aliphatic carbocycles. The molecule has 1 aromatic heterocycles. The van der Waals surface area contributed by atoms with E-state index in [2.05, 4.69) is 18.8 Å². The van der Waals surface area contributed by atoms with Gasteiger partial charge in [0.2, 0.25) is 0 Å². The third-order valence-electron chi connectivity index (χ3n) is 1.38. The average molecular weight is 148 g/mol. The standard InChI is InChI=1S/C10H12O/c1-2-3-4-5-7-10-8-6-9-11-10/h6,8-9H,2,5,7H2,1H3. The molecular formula is C10H12O. The molecule has 0 bridgehead atoms. The van der Waals surface area contributed by atoms with Crippen molar-refractivity contribution >= 4 is 0 Å². The molecule has 58 valence electrons. The van der Waals surface area contributed by atoms with Crippen LogP contribution < -0.4 is 0 Å². The quantitative estimate of drug-likeness (QED) is 0.587. The minimum atomic E-state index is 0.904. The van der Waals surface area contributed by atoms with E-state index >= 15 is 0 Å². The molecule has 0 unspecified atom stereocenters. The van der Waals surface area contributed by atoms with Gasteiger partial charge < -0.3 is 4.42 Å². The van der Waals surface area contributed by atoms with Gasteiger partial charge in [-0.1, -0.05) is 6.92 Å². The van der Waals surface area contributed by atoms with Crippen LogP contribution in [0.4, 0.5) is 0 Å². The van der Waals surface area contributed by atoms with Crippen molar-refractivity contribution in [1.82, 2.24) is 0 Å². The lowest BCUT2D eigenvalue weighted by molar-refractivity contribution is 0.511. The van der Waals surface area contributed by atoms with Gasteiger partial charge in [0, 0.05) is 19.3 Å². The van der Waals surface area contributed by atoms with E-state index in [9.17, 15) is 0 Å². The largest absolute Gasteiger partial charge is 0.469 e. The van der Waals surface area contributed by atoms with Gasteiger partial charge >= 0.3 is 0 Å². The fraction of sp³-hybridized carbons (Fsp3) is 0.400. The zero-order valence-corrected chi connectivity index (χ0v) is 6.76. The van der Waals surface area contributed by atoms with E-state index in [0.29, 0.717) is 0 Å². The molecule has 1 rings (SSSR count). The molecule has 0 radical (unpaired) electrons. The second-order valence-corrected chi connectivity index (χ2v) is 2.29. The molecule has 1 heterocycles. The lowest BCUT2D eigenvalue weighted by atomic mass is 10.2. The fourth-order valence-corrected chi connectivity index (χ4v) is 0.854. The fourth-order valence-electron chi connectivity index (χ4n) is 0.854. The van der Waals surface area contributed by atoms with Gasteiger partial charge in [0.25, 0.3) is 0 Å². The third-order valence-corrected chi connectivity index (χ3v) is 1.38. The Kier molecular flexibility index (Phi) is 3.34. The summed E-state index contributed by atoms with van der Waals surface area (Å²) in [5.74, 6) is 7.11. The summed E-state index contributed by atoms with van der Waals surface area (Å²) in [4.78, 5) is 0. The summed E-state index contributed by atoms with van der Waals surface area (Å²) >= 11 is 0. The molecular weight excluding hydrogens is 136 g/mol. The highest BCUT2D eigenvalue weighted by molar-refractivity contribution is 5.04. The normalized spacial score (nSPS) is 8.82. The van der Waals surface area contributed by atoms with Gasteiger partial charge in [0.1, 0.15) is 5.76 Å². The van der Waals surface area contributed by atoms with Crippen LogP contribution in [0.25, 0.3) is 0 Å². The van der Waals surface area contributed by atoms with E-state index in [4.69, 9.17) is 4.42 Å². The van der Waals surface area contributed by atoms with Crippen molar-refractivity contribution in [2.24, 2.45) is 0 Å². The molecule has 11 heavy (non-hydrogen) atoms. The van der Waals surface area contributed by atoms with E-state index in [1.54, 1.807) is 6.26 Å². The second kappa shape index (κ2) is 4.62. The Morgan fingerprint density at radius 3 is 3.00 bits per heavy atom. The van der Waals surface area contributed by atoms with E-state index in [1.165, 1.54) is 0 Å². The number of rotatable bonds is 2. The molecule has 0 spiro atoms. The Hall–Kier alpha value is -1.16. The lowest BCUT2D eigenvalue weighted by Crippen LogP contribution is -1.77. The molecule has 0 saturated carbocycles. The summed E-state index contributed by atoms with van der Waals surface area (Å²) in [6.45, 7) is 2.06. The molecule has 0 aliphatic heterocycles. The molecule has 1 aromatic rings. The summed E-state index contributed by atoms with van der Waals surface area (Å²) in [5, 5.41) is 0. The maximum atomic E-state index is 5.15. The van der Waals surface area contributed by atoms with Gasteiger partial charge in [0.05, 0.1) is 6.26 Å². The first-order chi connectivity index (χ1) is 5.43. The van der Waals surface area contributed by atoms with Gasteiger partial charge in [-0.05, 0) is 12.1 Å². The summed E-state index contributed by atoms with van der Waals surface area (Å²) in [7, 11) is 0. The van der Waals surface area contributed by atoms with Crippen LogP contribution in [0, 0.1) is 11.8 Å². The predicted octanol–water partition coefficient (Wildman–Crippen LogP) is 2.63. The highest BCUT2D eigenvalue weighted by atomic mass is 16.3. The minimum Gasteiger partial charge on any atom is -0.469 e. The van der Waals surface area contributed by atoms with Crippen LogP contribution >= 0.6 is 0 Å². The van der Waals surface area contributed by atoms with Gasteiger partial charge in [0.15, 0.2) is 0 Å². The van der Waals surface area contributed by atoms with Crippen LogP contribution in [0.3, 0.4) is 0 Å². The third kappa shape index (κ3) is 2.95. The van der Waals surface area contributed by atoms with Crippen molar-refractivity contribution in [3.05, 3.63) is 24.2 Å². The Morgan fingerprint density at radius 2 is 2.36 bits per heavy atom. The van der Waals surface area contributed by atoms with Gasteiger partial charge in [-0.15, -0.1) is 11.8 Å². The predicted molar refractivity (Wildman–Crippen MR) is 45.1 cm³/mol. The maximum absolute atomic E-state index is 5.15. The summed E-state index contributed by atoms with van der Waals surface area (Å²) < 4.78 is 5.15. The molecule has 1 heteroatoms. The van der Waals surface area contributed by atoms with Gasteiger partial charge in [-0.25, -0.2) is 0 Å². The smallest absolute Gasteiger partial charge is 0.104 e. The first kappa shape index (κ1) is 7.94. The van der Waals surface area contributed by atoms with Gasteiger partial charge in [-0.3, -0.25) is 0 Å². The Bertz CT molecular complexity index is 236. The molecule has 0 aromatic carbocycles. The summed E-state index contributed by atoms with van der Waals surface area (Å²) in [5.41, 5.74) is 0. The minimum absolute atomic E-state index is 0.904. The molecule has 0 atom stereocenters. The Morgan fingerprint density at radius 1 is 1.45 bits per heavy atom. The van der Waals surface area contributed by atoms with Crippen LogP contribution in [0.5, 0.6) is 0 Å². The van der Waals surface area contributed by atoms with Crippen molar-refractivity contribution in [1.29, 1.82) is 0 Å². The second-order valence-electron chi connectivity index (χ2n) is 2.29. The van der Waals surface area contributed by atoms with Gasteiger partial charge in [-0.2, -0.15) is 0 Å². The van der Waals surface area contributed by atoms with Crippen LogP contribution in [0.1, 0.15) is 25.5 Å².